The summed E-state index contributed by atoms with van der Waals surface area (Å²) < 4.78 is 11.1. The molecule has 2 fully saturated rings. The van der Waals surface area contributed by atoms with Gasteiger partial charge in [-0.1, -0.05) is 35.8 Å². The van der Waals surface area contributed by atoms with Gasteiger partial charge in [0.15, 0.2) is 0 Å². The van der Waals surface area contributed by atoms with Crippen molar-refractivity contribution < 1.29 is 18.8 Å². The number of nitrogens with zero attached hydrogens (tertiary/aromatic N) is 2. The lowest BCUT2D eigenvalue weighted by molar-refractivity contribution is -0.161. The minimum Gasteiger partial charge on any atom is -0.466 e. The van der Waals surface area contributed by atoms with Gasteiger partial charge in [-0.3, -0.25) is 9.59 Å². The smallest absolute Gasteiger partial charge is 0.314 e. The number of carbonyl (C=O) groups excluding carboxylic acids is 2. The highest BCUT2D eigenvalue weighted by atomic mass is 16.5. The second-order valence-corrected chi connectivity index (χ2v) is 8.91. The van der Waals surface area contributed by atoms with E-state index in [4.69, 9.17) is 9.26 Å². The number of aryl methyl sites for hydroxylation is 1. The summed E-state index contributed by atoms with van der Waals surface area (Å²) >= 11 is 0. The predicted octanol–water partition coefficient (Wildman–Crippen LogP) is 4.02. The van der Waals surface area contributed by atoms with Crippen molar-refractivity contribution in [1.29, 1.82) is 0 Å². The summed E-state index contributed by atoms with van der Waals surface area (Å²) in [6.07, 6.45) is 2.79. The standard InChI is InChI=1S/C24H30N2O4/c1-4-29-23(28)24(9-6-10-26(15-24)22(27)20-12-17(20)3)14-19-13-21(25-30-19)18-8-5-7-16(2)11-18/h5,7-8,11,13,17,20H,4,6,9-10,12,14-15H2,1-3H3/t17-,20+,24+/m1/s1. The molecule has 0 N–H and O–H groups in total. The molecule has 1 saturated carbocycles. The van der Waals surface area contributed by atoms with Crippen molar-refractivity contribution in [3.05, 3.63) is 41.7 Å². The lowest BCUT2D eigenvalue weighted by Crippen LogP contribution is -2.52. The van der Waals surface area contributed by atoms with Crippen LogP contribution < -0.4 is 0 Å². The maximum Gasteiger partial charge on any atom is 0.314 e. The lowest BCUT2D eigenvalue weighted by atomic mass is 9.76. The van der Waals surface area contributed by atoms with Gasteiger partial charge >= 0.3 is 5.97 Å². The zero-order valence-electron chi connectivity index (χ0n) is 18.0. The number of amides is 1. The summed E-state index contributed by atoms with van der Waals surface area (Å²) in [5.74, 6) is 1.13. The maximum atomic E-state index is 13.0. The first-order valence-electron chi connectivity index (χ1n) is 10.9. The molecule has 1 saturated heterocycles. The molecule has 4 rings (SSSR count). The number of benzene rings is 1. The van der Waals surface area contributed by atoms with Gasteiger partial charge in [-0.05, 0) is 45.1 Å². The molecule has 160 valence electrons. The number of hydrogen-bond donors (Lipinski definition) is 0. The molecule has 1 aromatic heterocycles. The molecule has 3 atom stereocenters. The normalized spacial score (nSPS) is 25.8. The Morgan fingerprint density at radius 1 is 1.33 bits per heavy atom. The van der Waals surface area contributed by atoms with E-state index in [2.05, 4.69) is 18.1 Å². The highest BCUT2D eigenvalue weighted by Crippen LogP contribution is 2.42. The van der Waals surface area contributed by atoms with Crippen LogP contribution >= 0.6 is 0 Å². The minimum atomic E-state index is -0.786. The van der Waals surface area contributed by atoms with Crippen LogP contribution in [-0.2, 0) is 20.7 Å². The van der Waals surface area contributed by atoms with Crippen molar-refractivity contribution in [1.82, 2.24) is 10.1 Å². The molecule has 30 heavy (non-hydrogen) atoms. The van der Waals surface area contributed by atoms with E-state index in [9.17, 15) is 9.59 Å². The Labute approximate surface area is 177 Å². The lowest BCUT2D eigenvalue weighted by Gasteiger charge is -2.40. The van der Waals surface area contributed by atoms with E-state index >= 15 is 0 Å². The molecule has 6 nitrogen and oxygen atoms in total. The number of ether oxygens (including phenoxy) is 1. The first-order chi connectivity index (χ1) is 14.4. The van der Waals surface area contributed by atoms with Crippen molar-refractivity contribution in [3.8, 4) is 11.3 Å². The molecule has 6 heteroatoms. The van der Waals surface area contributed by atoms with Crippen molar-refractivity contribution in [2.45, 2.75) is 46.5 Å². The number of rotatable bonds is 6. The van der Waals surface area contributed by atoms with E-state index in [1.807, 2.05) is 43.0 Å². The largest absolute Gasteiger partial charge is 0.466 e. The summed E-state index contributed by atoms with van der Waals surface area (Å²) in [6.45, 7) is 7.36. The predicted molar refractivity (Wildman–Crippen MR) is 113 cm³/mol. The molecule has 2 aromatic rings. The van der Waals surface area contributed by atoms with Gasteiger partial charge in [0.05, 0.1) is 12.0 Å². The van der Waals surface area contributed by atoms with Crippen LogP contribution in [0.4, 0.5) is 0 Å². The second kappa shape index (κ2) is 8.25. The number of esters is 1. The van der Waals surface area contributed by atoms with Crippen LogP contribution in [0.15, 0.2) is 34.9 Å². The summed E-state index contributed by atoms with van der Waals surface area (Å²) in [7, 11) is 0. The van der Waals surface area contributed by atoms with Crippen molar-refractivity contribution in [2.75, 3.05) is 19.7 Å². The Balaban J connectivity index is 1.57. The van der Waals surface area contributed by atoms with Crippen molar-refractivity contribution >= 4 is 11.9 Å². The summed E-state index contributed by atoms with van der Waals surface area (Å²) in [5.41, 5.74) is 2.10. The molecule has 2 aliphatic rings. The van der Waals surface area contributed by atoms with E-state index in [0.29, 0.717) is 44.2 Å². The van der Waals surface area contributed by atoms with Gasteiger partial charge in [-0.25, -0.2) is 0 Å². The SMILES string of the molecule is CCOC(=O)[C@]1(Cc2cc(-c3cccc(C)c3)no2)CCCN(C(=O)[C@H]2C[C@H]2C)C1. The highest BCUT2D eigenvalue weighted by molar-refractivity contribution is 5.84. The maximum absolute atomic E-state index is 13.0. The second-order valence-electron chi connectivity index (χ2n) is 8.91. The first kappa shape index (κ1) is 20.6. The Bertz CT molecular complexity index is 937. The van der Waals surface area contributed by atoms with Crippen molar-refractivity contribution in [3.63, 3.8) is 0 Å². The monoisotopic (exact) mass is 410 g/mol. The molecule has 0 bridgehead atoms. The molecule has 1 aliphatic heterocycles. The third kappa shape index (κ3) is 4.13. The number of piperidine rings is 1. The fourth-order valence-electron chi connectivity index (χ4n) is 4.56. The van der Waals surface area contributed by atoms with Gasteiger partial charge in [-0.2, -0.15) is 0 Å². The summed E-state index contributed by atoms with van der Waals surface area (Å²) in [4.78, 5) is 27.8. The first-order valence-corrected chi connectivity index (χ1v) is 10.9. The van der Waals surface area contributed by atoms with Gasteiger partial charge in [0, 0.05) is 37.1 Å². The topological polar surface area (TPSA) is 72.6 Å². The Morgan fingerprint density at radius 2 is 2.13 bits per heavy atom. The van der Waals surface area contributed by atoms with Gasteiger partial charge in [0.25, 0.3) is 0 Å². The molecule has 0 spiro atoms. The fourth-order valence-corrected chi connectivity index (χ4v) is 4.56. The van der Waals surface area contributed by atoms with Gasteiger partial charge in [-0.15, -0.1) is 0 Å². The van der Waals surface area contributed by atoms with E-state index in [1.165, 1.54) is 0 Å². The van der Waals surface area contributed by atoms with E-state index in [0.717, 1.165) is 29.7 Å². The molecule has 2 heterocycles. The molecule has 0 unspecified atom stereocenters. The van der Waals surface area contributed by atoms with E-state index < -0.39 is 5.41 Å². The van der Waals surface area contributed by atoms with E-state index in [1.54, 1.807) is 0 Å². The Hall–Kier alpha value is -2.63. The molecule has 1 aliphatic carbocycles. The molecular formula is C24H30N2O4. The van der Waals surface area contributed by atoms with Gasteiger partial charge in [0.2, 0.25) is 5.91 Å². The van der Waals surface area contributed by atoms with Crippen LogP contribution in [0, 0.1) is 24.2 Å². The number of carbonyl (C=O) groups is 2. The van der Waals surface area contributed by atoms with Crippen LogP contribution in [0.5, 0.6) is 0 Å². The third-order valence-corrected chi connectivity index (χ3v) is 6.41. The van der Waals surface area contributed by atoms with Crippen LogP contribution in [0.2, 0.25) is 0 Å². The highest BCUT2D eigenvalue weighted by Gasteiger charge is 2.49. The summed E-state index contributed by atoms with van der Waals surface area (Å²) in [6, 6.07) is 9.98. The Kier molecular flexibility index (Phi) is 5.67. The summed E-state index contributed by atoms with van der Waals surface area (Å²) in [5, 5.41) is 4.22. The fraction of sp³-hybridized carbons (Fsp3) is 0.542. The van der Waals surface area contributed by atoms with Crippen LogP contribution in [0.1, 0.15) is 44.4 Å². The van der Waals surface area contributed by atoms with Crippen LogP contribution in [0.25, 0.3) is 11.3 Å². The zero-order chi connectivity index (χ0) is 21.3. The van der Waals surface area contributed by atoms with Gasteiger partial charge < -0.3 is 14.2 Å². The quantitative estimate of drug-likeness (QED) is 0.673. The average molecular weight is 411 g/mol. The van der Waals surface area contributed by atoms with Crippen LogP contribution in [0.3, 0.4) is 0 Å². The van der Waals surface area contributed by atoms with E-state index in [-0.39, 0.29) is 17.8 Å². The number of hydrogen-bond acceptors (Lipinski definition) is 5. The zero-order valence-corrected chi connectivity index (χ0v) is 18.0. The average Bonchev–Trinajstić information content (AvgIpc) is 3.28. The van der Waals surface area contributed by atoms with Crippen LogP contribution in [-0.4, -0.2) is 41.6 Å². The van der Waals surface area contributed by atoms with Gasteiger partial charge in [0.1, 0.15) is 11.5 Å². The van der Waals surface area contributed by atoms with Crippen molar-refractivity contribution in [2.24, 2.45) is 17.3 Å². The Morgan fingerprint density at radius 3 is 2.83 bits per heavy atom. The molecule has 1 amide bonds. The molecule has 0 radical (unpaired) electrons. The number of aromatic nitrogens is 1. The molecular weight excluding hydrogens is 380 g/mol. The minimum absolute atomic E-state index is 0.112. The number of likely N-dealkylation sites (tertiary alicyclic amines) is 1. The third-order valence-electron chi connectivity index (χ3n) is 6.41. The molecule has 1 aromatic carbocycles.